The van der Waals surface area contributed by atoms with Crippen LogP contribution in [0, 0.1) is 52.3 Å². The molecular weight excluding hydrogens is 416 g/mol. The van der Waals surface area contributed by atoms with Gasteiger partial charge < -0.3 is 0 Å². The molecule has 182 valence electrons. The Labute approximate surface area is 202 Å². The minimum atomic E-state index is -0.162. The molecule has 0 saturated heterocycles. The molecule has 0 bridgehead atoms. The molecule has 0 heterocycles. The van der Waals surface area contributed by atoms with Gasteiger partial charge in [0.2, 0.25) is 0 Å². The topological polar surface area (TPSA) is 29.5 Å². The van der Waals surface area contributed by atoms with Crippen molar-refractivity contribution in [1.82, 2.24) is 0 Å². The second-order valence-electron chi connectivity index (χ2n) is 12.6. The Morgan fingerprint density at radius 1 is 1.09 bits per heavy atom. The number of allylic oxidation sites excluding steroid dienone is 3. The van der Waals surface area contributed by atoms with Crippen LogP contribution in [0.25, 0.3) is 0 Å². The fourth-order valence-electron chi connectivity index (χ4n) is 8.87. The van der Waals surface area contributed by atoms with Gasteiger partial charge in [0, 0.05) is 5.38 Å². The Morgan fingerprint density at radius 3 is 2.50 bits per heavy atom. The van der Waals surface area contributed by atoms with Crippen LogP contribution in [0.5, 0.6) is 0 Å². The summed E-state index contributed by atoms with van der Waals surface area (Å²) in [6.45, 7) is 14.5. The molecule has 0 aromatic carbocycles. The molecule has 2 nitrogen and oxygen atoms in total. The first-order valence-electron chi connectivity index (χ1n) is 13.5. The van der Waals surface area contributed by atoms with Crippen molar-refractivity contribution in [2.75, 3.05) is 0 Å². The van der Waals surface area contributed by atoms with E-state index in [1.165, 1.54) is 44.1 Å². The molecule has 3 saturated carbocycles. The van der Waals surface area contributed by atoms with Gasteiger partial charge in [0.15, 0.2) is 0 Å². The predicted octanol–water partition coefficient (Wildman–Crippen LogP) is 8.52. The van der Waals surface area contributed by atoms with E-state index in [-0.39, 0.29) is 16.9 Å². The fraction of sp³-hybridized carbons (Fsp3) is 0.862. The molecule has 4 rings (SSSR count). The zero-order valence-electron chi connectivity index (χ0n) is 21.3. The largest absolute Gasteiger partial charge is 0.251 e. The monoisotopic (exact) mass is 462 g/mol. The van der Waals surface area contributed by atoms with E-state index in [0.29, 0.717) is 40.9 Å². The maximum absolute atomic E-state index is 9.98. The molecule has 3 heteroatoms. The van der Waals surface area contributed by atoms with Gasteiger partial charge in [-0.3, -0.25) is 5.26 Å². The SMILES string of the molecule is CC[C@H](/C=C/[C@@H](C)[C@H]1CC[C@H]2[C@@H]3[C@H](OO)C=C4C[C@@H](Cl)CC[C@]4(C)[C@H]3CC[C@]12C)C(C)C. The van der Waals surface area contributed by atoms with E-state index in [4.69, 9.17) is 16.5 Å². The first kappa shape index (κ1) is 24.8. The van der Waals surface area contributed by atoms with Crippen LogP contribution in [0.1, 0.15) is 92.9 Å². The Kier molecular flexibility index (Phi) is 7.27. The Bertz CT molecular complexity index is 729. The molecule has 0 aliphatic heterocycles. The van der Waals surface area contributed by atoms with Crippen LogP contribution in [-0.4, -0.2) is 16.7 Å². The lowest BCUT2D eigenvalue weighted by Crippen LogP contribution is -2.55. The average molecular weight is 463 g/mol. The zero-order chi connectivity index (χ0) is 23.3. The van der Waals surface area contributed by atoms with Crippen molar-refractivity contribution >= 4 is 11.6 Å². The molecule has 0 aromatic rings. The van der Waals surface area contributed by atoms with Crippen LogP contribution in [-0.2, 0) is 4.89 Å². The van der Waals surface area contributed by atoms with E-state index in [9.17, 15) is 5.26 Å². The van der Waals surface area contributed by atoms with E-state index in [1.54, 1.807) is 0 Å². The number of halogens is 1. The third kappa shape index (κ3) is 4.05. The van der Waals surface area contributed by atoms with Crippen molar-refractivity contribution in [3.63, 3.8) is 0 Å². The smallest absolute Gasteiger partial charge is 0.114 e. The summed E-state index contributed by atoms with van der Waals surface area (Å²) in [6, 6.07) is 0. The Hall–Kier alpha value is -0.310. The second-order valence-corrected chi connectivity index (χ2v) is 13.2. The summed E-state index contributed by atoms with van der Waals surface area (Å²) in [5.74, 6) is 4.40. The standard InChI is InChI=1S/C29H47ClO2/c1-7-20(18(2)3)9-8-19(4)23-10-11-24-27-25(13-15-29(23,24)6)28(5)14-12-22(30)16-21(28)17-26(27)32-31/h8-9,17-20,22-27,31H,7,10-16H2,1-6H3/b9-8+/t19-,20-,22+,23-,24+,25+,26-,27+,28+,29-/m1/s1. The summed E-state index contributed by atoms with van der Waals surface area (Å²) < 4.78 is 0. The van der Waals surface area contributed by atoms with Crippen LogP contribution >= 0.6 is 11.6 Å². The third-order valence-electron chi connectivity index (χ3n) is 10.9. The maximum atomic E-state index is 9.98. The molecule has 0 aromatic heterocycles. The van der Waals surface area contributed by atoms with Gasteiger partial charge in [-0.25, -0.2) is 4.89 Å². The maximum Gasteiger partial charge on any atom is 0.114 e. The van der Waals surface area contributed by atoms with Crippen LogP contribution in [0.3, 0.4) is 0 Å². The molecular formula is C29H47ClO2. The Morgan fingerprint density at radius 2 is 1.84 bits per heavy atom. The normalized spacial score (nSPS) is 45.8. The highest BCUT2D eigenvalue weighted by atomic mass is 35.5. The predicted molar refractivity (Wildman–Crippen MR) is 135 cm³/mol. The molecule has 0 unspecified atom stereocenters. The summed E-state index contributed by atoms with van der Waals surface area (Å²) in [4.78, 5) is 5.23. The van der Waals surface area contributed by atoms with Gasteiger partial charge in [0.05, 0.1) is 0 Å². The number of rotatable bonds is 6. The number of hydrogen-bond donors (Lipinski definition) is 1. The minimum Gasteiger partial charge on any atom is -0.251 e. The average Bonchev–Trinajstić information content (AvgIpc) is 3.11. The van der Waals surface area contributed by atoms with Crippen molar-refractivity contribution in [3.8, 4) is 0 Å². The minimum absolute atomic E-state index is 0.162. The summed E-state index contributed by atoms with van der Waals surface area (Å²) >= 11 is 6.56. The van der Waals surface area contributed by atoms with Gasteiger partial charge in [-0.15, -0.1) is 11.6 Å². The molecule has 0 amide bonds. The fourth-order valence-corrected chi connectivity index (χ4v) is 9.14. The lowest BCUT2D eigenvalue weighted by molar-refractivity contribution is -0.296. The lowest BCUT2D eigenvalue weighted by Gasteiger charge is -2.59. The van der Waals surface area contributed by atoms with Crippen molar-refractivity contribution < 1.29 is 10.1 Å². The van der Waals surface area contributed by atoms with Crippen LogP contribution < -0.4 is 0 Å². The number of alkyl halides is 1. The zero-order valence-corrected chi connectivity index (χ0v) is 22.1. The van der Waals surface area contributed by atoms with E-state index >= 15 is 0 Å². The second kappa shape index (κ2) is 9.38. The van der Waals surface area contributed by atoms with E-state index in [1.807, 2.05) is 0 Å². The summed E-state index contributed by atoms with van der Waals surface area (Å²) in [6.07, 6.45) is 16.8. The van der Waals surface area contributed by atoms with Gasteiger partial charge >= 0.3 is 0 Å². The summed E-state index contributed by atoms with van der Waals surface area (Å²) in [7, 11) is 0. The quantitative estimate of drug-likeness (QED) is 0.185. The van der Waals surface area contributed by atoms with E-state index in [0.717, 1.165) is 18.8 Å². The Balaban J connectivity index is 1.59. The highest BCUT2D eigenvalue weighted by Gasteiger charge is 2.61. The molecule has 10 atom stereocenters. The lowest BCUT2D eigenvalue weighted by atomic mass is 9.46. The van der Waals surface area contributed by atoms with Gasteiger partial charge in [-0.2, -0.15) is 0 Å². The van der Waals surface area contributed by atoms with Crippen molar-refractivity contribution in [3.05, 3.63) is 23.8 Å². The highest BCUT2D eigenvalue weighted by Crippen LogP contribution is 2.67. The molecule has 3 fully saturated rings. The van der Waals surface area contributed by atoms with Crippen LogP contribution in [0.4, 0.5) is 0 Å². The van der Waals surface area contributed by atoms with Crippen molar-refractivity contribution in [2.24, 2.45) is 52.3 Å². The van der Waals surface area contributed by atoms with Gasteiger partial charge in [-0.05, 0) is 104 Å². The molecule has 0 radical (unpaired) electrons. The summed E-state index contributed by atoms with van der Waals surface area (Å²) in [5, 5.41) is 10.2. The van der Waals surface area contributed by atoms with Gasteiger partial charge in [0.25, 0.3) is 0 Å². The molecule has 4 aliphatic carbocycles. The van der Waals surface area contributed by atoms with Crippen LogP contribution in [0.15, 0.2) is 23.8 Å². The summed E-state index contributed by atoms with van der Waals surface area (Å²) in [5.41, 5.74) is 2.03. The first-order chi connectivity index (χ1) is 15.2. The molecule has 4 aliphatic rings. The molecule has 32 heavy (non-hydrogen) atoms. The molecule has 0 spiro atoms. The first-order valence-corrected chi connectivity index (χ1v) is 13.9. The van der Waals surface area contributed by atoms with Gasteiger partial charge in [0.1, 0.15) is 6.10 Å². The number of fused-ring (bicyclic) bond motifs is 5. The number of hydrogen-bond acceptors (Lipinski definition) is 2. The third-order valence-corrected chi connectivity index (χ3v) is 11.2. The highest BCUT2D eigenvalue weighted by molar-refractivity contribution is 6.20. The van der Waals surface area contributed by atoms with Crippen molar-refractivity contribution in [1.29, 1.82) is 0 Å². The molecule has 1 N–H and O–H groups in total. The van der Waals surface area contributed by atoms with E-state index in [2.05, 4.69) is 59.8 Å². The van der Waals surface area contributed by atoms with Crippen LogP contribution in [0.2, 0.25) is 0 Å². The van der Waals surface area contributed by atoms with E-state index < -0.39 is 0 Å². The van der Waals surface area contributed by atoms with Gasteiger partial charge in [-0.1, -0.05) is 65.3 Å². The van der Waals surface area contributed by atoms with Crippen molar-refractivity contribution in [2.45, 2.75) is 104 Å².